The molecule has 1 atom stereocenters. The van der Waals surface area contributed by atoms with Gasteiger partial charge in [-0.2, -0.15) is 0 Å². The maximum Gasteiger partial charge on any atom is 0.342 e. The summed E-state index contributed by atoms with van der Waals surface area (Å²) in [7, 11) is 0. The Morgan fingerprint density at radius 3 is 1.92 bits per heavy atom. The second-order valence-corrected chi connectivity index (χ2v) is 4.11. The first-order chi connectivity index (χ1) is 5.25. The molecule has 72 valence electrons. The third-order valence-corrected chi connectivity index (χ3v) is 2.12. The Bertz CT molecular complexity index is 172. The SMILES string of the molecule is CCCC(F)(C(=O)O)C(C)(C)C. The summed E-state index contributed by atoms with van der Waals surface area (Å²) in [5.74, 6) is -1.35. The van der Waals surface area contributed by atoms with Gasteiger partial charge in [-0.25, -0.2) is 9.18 Å². The van der Waals surface area contributed by atoms with Gasteiger partial charge in [0.2, 0.25) is 5.67 Å². The number of alkyl halides is 1. The highest BCUT2D eigenvalue weighted by Gasteiger charge is 2.48. The number of aliphatic carboxylic acids is 1. The maximum absolute atomic E-state index is 13.8. The van der Waals surface area contributed by atoms with E-state index in [0.29, 0.717) is 6.42 Å². The molecule has 12 heavy (non-hydrogen) atoms. The van der Waals surface area contributed by atoms with E-state index in [1.165, 1.54) is 0 Å². The van der Waals surface area contributed by atoms with Crippen LogP contribution in [0.1, 0.15) is 40.5 Å². The normalized spacial score (nSPS) is 17.1. The molecule has 3 heteroatoms. The Hall–Kier alpha value is -0.600. The Morgan fingerprint density at radius 2 is 1.83 bits per heavy atom. The fourth-order valence-corrected chi connectivity index (χ4v) is 1.15. The van der Waals surface area contributed by atoms with Crippen molar-refractivity contribution in [2.24, 2.45) is 5.41 Å². The second-order valence-electron chi connectivity index (χ2n) is 4.11. The van der Waals surface area contributed by atoms with Gasteiger partial charge in [-0.1, -0.05) is 34.1 Å². The molecular weight excluding hydrogens is 159 g/mol. The quantitative estimate of drug-likeness (QED) is 0.717. The number of carbonyl (C=O) groups is 1. The van der Waals surface area contributed by atoms with Gasteiger partial charge in [0.1, 0.15) is 0 Å². The largest absolute Gasteiger partial charge is 0.479 e. The van der Waals surface area contributed by atoms with Crippen LogP contribution in [0.15, 0.2) is 0 Å². The molecule has 0 radical (unpaired) electrons. The van der Waals surface area contributed by atoms with Crippen LogP contribution in [-0.2, 0) is 4.79 Å². The smallest absolute Gasteiger partial charge is 0.342 e. The minimum absolute atomic E-state index is 0.0752. The topological polar surface area (TPSA) is 37.3 Å². The van der Waals surface area contributed by atoms with Gasteiger partial charge >= 0.3 is 5.97 Å². The van der Waals surface area contributed by atoms with Crippen LogP contribution in [0.3, 0.4) is 0 Å². The predicted octanol–water partition coefficient (Wildman–Crippen LogP) is 2.63. The highest BCUT2D eigenvalue weighted by atomic mass is 19.1. The zero-order chi connectivity index (χ0) is 9.99. The molecule has 0 aliphatic rings. The molecule has 2 nitrogen and oxygen atoms in total. The van der Waals surface area contributed by atoms with E-state index in [1.807, 2.05) is 0 Å². The molecule has 0 aromatic carbocycles. The Morgan fingerprint density at radius 1 is 1.42 bits per heavy atom. The predicted molar refractivity (Wildman–Crippen MR) is 45.8 cm³/mol. The first-order valence-electron chi connectivity index (χ1n) is 4.18. The van der Waals surface area contributed by atoms with Gasteiger partial charge in [0, 0.05) is 5.41 Å². The molecular formula is C9H17FO2. The molecule has 0 aliphatic heterocycles. The summed E-state index contributed by atoms with van der Waals surface area (Å²) in [6.07, 6.45) is 0.617. The molecule has 0 aliphatic carbocycles. The lowest BCUT2D eigenvalue weighted by molar-refractivity contribution is -0.160. The zero-order valence-corrected chi connectivity index (χ0v) is 8.15. The maximum atomic E-state index is 13.8. The monoisotopic (exact) mass is 176 g/mol. The van der Waals surface area contributed by atoms with Crippen LogP contribution in [0.5, 0.6) is 0 Å². The first kappa shape index (κ1) is 11.4. The average Bonchev–Trinajstić information content (AvgIpc) is 1.85. The van der Waals surface area contributed by atoms with E-state index in [-0.39, 0.29) is 6.42 Å². The number of hydrogen-bond acceptors (Lipinski definition) is 1. The molecule has 0 bridgehead atoms. The van der Waals surface area contributed by atoms with E-state index in [1.54, 1.807) is 27.7 Å². The third kappa shape index (κ3) is 1.96. The van der Waals surface area contributed by atoms with Crippen molar-refractivity contribution in [3.63, 3.8) is 0 Å². The first-order valence-corrected chi connectivity index (χ1v) is 4.18. The molecule has 0 heterocycles. The molecule has 1 unspecified atom stereocenters. The van der Waals surface area contributed by atoms with Gasteiger partial charge in [0.05, 0.1) is 0 Å². The Kier molecular flexibility index (Phi) is 3.25. The summed E-state index contributed by atoms with van der Waals surface area (Å²) in [5, 5.41) is 8.72. The van der Waals surface area contributed by atoms with Crippen molar-refractivity contribution in [2.75, 3.05) is 0 Å². The second kappa shape index (κ2) is 3.42. The number of carboxylic acids is 1. The minimum atomic E-state index is -2.10. The standard InChI is InChI=1S/C9H17FO2/c1-5-6-9(10,7(11)12)8(2,3)4/h5-6H2,1-4H3,(H,11,12). The third-order valence-electron chi connectivity index (χ3n) is 2.12. The van der Waals surface area contributed by atoms with E-state index >= 15 is 0 Å². The van der Waals surface area contributed by atoms with Gasteiger partial charge in [-0.15, -0.1) is 0 Å². The minimum Gasteiger partial charge on any atom is -0.479 e. The van der Waals surface area contributed by atoms with E-state index in [2.05, 4.69) is 0 Å². The van der Waals surface area contributed by atoms with Gasteiger partial charge in [-0.05, 0) is 6.42 Å². The lowest BCUT2D eigenvalue weighted by Gasteiger charge is -2.33. The van der Waals surface area contributed by atoms with Crippen LogP contribution in [0, 0.1) is 5.41 Å². The fourth-order valence-electron chi connectivity index (χ4n) is 1.15. The summed E-state index contributed by atoms with van der Waals surface area (Å²) in [6.45, 7) is 6.60. The summed E-state index contributed by atoms with van der Waals surface area (Å²) in [5.41, 5.74) is -2.93. The zero-order valence-electron chi connectivity index (χ0n) is 8.15. The van der Waals surface area contributed by atoms with Crippen molar-refractivity contribution in [2.45, 2.75) is 46.2 Å². The van der Waals surface area contributed by atoms with Crippen molar-refractivity contribution >= 4 is 5.97 Å². The van der Waals surface area contributed by atoms with Crippen LogP contribution in [-0.4, -0.2) is 16.7 Å². The van der Waals surface area contributed by atoms with Crippen LogP contribution >= 0.6 is 0 Å². The number of hydrogen-bond donors (Lipinski definition) is 1. The summed E-state index contributed by atoms with van der Waals surface area (Å²) >= 11 is 0. The molecule has 0 fully saturated rings. The van der Waals surface area contributed by atoms with E-state index in [9.17, 15) is 9.18 Å². The van der Waals surface area contributed by atoms with Gasteiger partial charge in [0.25, 0.3) is 0 Å². The number of rotatable bonds is 3. The van der Waals surface area contributed by atoms with E-state index < -0.39 is 17.1 Å². The van der Waals surface area contributed by atoms with Crippen LogP contribution in [0.2, 0.25) is 0 Å². The van der Waals surface area contributed by atoms with Gasteiger partial charge < -0.3 is 5.11 Å². The summed E-state index contributed by atoms with van der Waals surface area (Å²) < 4.78 is 13.8. The molecule has 1 N–H and O–H groups in total. The molecule has 0 rings (SSSR count). The number of halogens is 1. The van der Waals surface area contributed by atoms with Crippen molar-refractivity contribution in [1.29, 1.82) is 0 Å². The summed E-state index contributed by atoms with van der Waals surface area (Å²) in [6, 6.07) is 0. The lowest BCUT2D eigenvalue weighted by Crippen LogP contribution is -2.45. The molecule has 0 amide bonds. The fraction of sp³-hybridized carbons (Fsp3) is 0.889. The molecule has 0 aromatic rings. The highest BCUT2D eigenvalue weighted by Crippen LogP contribution is 2.38. The lowest BCUT2D eigenvalue weighted by atomic mass is 9.75. The van der Waals surface area contributed by atoms with Crippen molar-refractivity contribution in [3.05, 3.63) is 0 Å². The van der Waals surface area contributed by atoms with Crippen LogP contribution < -0.4 is 0 Å². The van der Waals surface area contributed by atoms with E-state index in [4.69, 9.17) is 5.11 Å². The van der Waals surface area contributed by atoms with Gasteiger partial charge in [0.15, 0.2) is 0 Å². The van der Waals surface area contributed by atoms with Crippen molar-refractivity contribution in [1.82, 2.24) is 0 Å². The molecule has 0 aromatic heterocycles. The highest BCUT2D eigenvalue weighted by molar-refractivity contribution is 5.78. The number of carboxylic acid groups (broad SMARTS) is 1. The molecule has 0 spiro atoms. The Labute approximate surface area is 72.8 Å². The summed E-state index contributed by atoms with van der Waals surface area (Å²) in [4.78, 5) is 10.7. The Balaban J connectivity index is 4.75. The molecule has 0 saturated carbocycles. The molecule has 0 saturated heterocycles. The van der Waals surface area contributed by atoms with Crippen molar-refractivity contribution < 1.29 is 14.3 Å². The average molecular weight is 176 g/mol. The van der Waals surface area contributed by atoms with Crippen LogP contribution in [0.25, 0.3) is 0 Å². The van der Waals surface area contributed by atoms with Gasteiger partial charge in [-0.3, -0.25) is 0 Å². The van der Waals surface area contributed by atoms with Crippen LogP contribution in [0.4, 0.5) is 4.39 Å². The van der Waals surface area contributed by atoms with Crippen molar-refractivity contribution in [3.8, 4) is 0 Å². The van der Waals surface area contributed by atoms with E-state index in [0.717, 1.165) is 0 Å².